The lowest BCUT2D eigenvalue weighted by atomic mass is 10.0. The van der Waals surface area contributed by atoms with E-state index in [1.807, 2.05) is 30.3 Å². The summed E-state index contributed by atoms with van der Waals surface area (Å²) in [5.74, 6) is 0.539. The van der Waals surface area contributed by atoms with Crippen LogP contribution in [-0.4, -0.2) is 44.2 Å². The molecular formula is C17H27IN4O2. The highest BCUT2D eigenvalue weighted by Crippen LogP contribution is 2.23. The number of halogens is 1. The van der Waals surface area contributed by atoms with Crippen molar-refractivity contribution in [3.05, 3.63) is 35.9 Å². The number of guanidine groups is 1. The van der Waals surface area contributed by atoms with Gasteiger partial charge in [0.25, 0.3) is 0 Å². The molecule has 134 valence electrons. The third kappa shape index (κ3) is 7.04. The number of benzene rings is 1. The van der Waals surface area contributed by atoms with Crippen LogP contribution in [0.1, 0.15) is 25.3 Å². The molecule has 0 radical (unpaired) electrons. The summed E-state index contributed by atoms with van der Waals surface area (Å²) in [5.41, 5.74) is 0.933. The van der Waals surface area contributed by atoms with Crippen LogP contribution < -0.4 is 16.0 Å². The molecule has 0 aliphatic carbocycles. The molecule has 1 aromatic rings. The zero-order chi connectivity index (χ0) is 16.5. The largest absolute Gasteiger partial charge is 0.373 e. The van der Waals surface area contributed by atoms with Gasteiger partial charge in [-0.1, -0.05) is 30.3 Å². The molecule has 1 atom stereocenters. The number of carbonyl (C=O) groups is 1. The molecule has 7 heteroatoms. The topological polar surface area (TPSA) is 74.8 Å². The van der Waals surface area contributed by atoms with Gasteiger partial charge in [0.15, 0.2) is 5.96 Å². The quantitative estimate of drug-likeness (QED) is 0.353. The lowest BCUT2D eigenvalue weighted by Gasteiger charge is -2.24. The molecule has 3 N–H and O–H groups in total. The van der Waals surface area contributed by atoms with E-state index in [0.717, 1.165) is 25.0 Å². The zero-order valence-corrected chi connectivity index (χ0v) is 16.6. The highest BCUT2D eigenvalue weighted by molar-refractivity contribution is 14.0. The molecule has 2 rings (SSSR count). The Balaban J connectivity index is 0.00000288. The van der Waals surface area contributed by atoms with E-state index in [4.69, 9.17) is 4.74 Å². The number of amides is 1. The minimum atomic E-state index is -0.146. The van der Waals surface area contributed by atoms with E-state index >= 15 is 0 Å². The molecule has 0 saturated carbocycles. The van der Waals surface area contributed by atoms with E-state index in [0.29, 0.717) is 19.0 Å². The summed E-state index contributed by atoms with van der Waals surface area (Å²) in [6.45, 7) is 4.29. The van der Waals surface area contributed by atoms with E-state index < -0.39 is 0 Å². The first-order valence-electron chi connectivity index (χ1n) is 8.00. The minimum absolute atomic E-state index is 0. The van der Waals surface area contributed by atoms with Crippen LogP contribution in [-0.2, 0) is 16.1 Å². The molecule has 24 heavy (non-hydrogen) atoms. The van der Waals surface area contributed by atoms with Crippen LogP contribution in [0.5, 0.6) is 0 Å². The van der Waals surface area contributed by atoms with Crippen molar-refractivity contribution >= 4 is 35.8 Å². The first-order valence-corrected chi connectivity index (χ1v) is 8.00. The number of hydrogen-bond acceptors (Lipinski definition) is 3. The average Bonchev–Trinajstić information content (AvgIpc) is 3.01. The molecule has 1 amide bonds. The van der Waals surface area contributed by atoms with Crippen molar-refractivity contribution < 1.29 is 9.53 Å². The second-order valence-corrected chi connectivity index (χ2v) is 5.94. The van der Waals surface area contributed by atoms with Crippen molar-refractivity contribution in [1.29, 1.82) is 0 Å². The Morgan fingerprint density at radius 2 is 2.00 bits per heavy atom. The highest BCUT2D eigenvalue weighted by atomic mass is 127. The Kier molecular flexibility index (Phi) is 9.05. The zero-order valence-electron chi connectivity index (χ0n) is 14.3. The van der Waals surface area contributed by atoms with Crippen molar-refractivity contribution in [2.24, 2.45) is 4.99 Å². The maximum Gasteiger partial charge on any atom is 0.239 e. The van der Waals surface area contributed by atoms with E-state index in [2.05, 4.69) is 27.9 Å². The lowest BCUT2D eigenvalue weighted by molar-refractivity contribution is -0.120. The van der Waals surface area contributed by atoms with E-state index in [-0.39, 0.29) is 42.0 Å². The van der Waals surface area contributed by atoms with Crippen LogP contribution in [0.3, 0.4) is 0 Å². The van der Waals surface area contributed by atoms with E-state index in [1.54, 1.807) is 7.05 Å². The SMILES string of the molecule is CN=C(NCC(=O)NCc1ccccc1)NCC1(C)CCCO1.I. The molecule has 1 aliphatic rings. The molecule has 0 aromatic heterocycles. The first-order chi connectivity index (χ1) is 11.1. The van der Waals surface area contributed by atoms with Crippen LogP contribution in [0.2, 0.25) is 0 Å². The number of nitrogens with one attached hydrogen (secondary N) is 3. The normalized spacial score (nSPS) is 20.2. The molecule has 1 aliphatic heterocycles. The number of ether oxygens (including phenoxy) is 1. The van der Waals surface area contributed by atoms with Gasteiger partial charge in [-0.2, -0.15) is 0 Å². The smallest absolute Gasteiger partial charge is 0.239 e. The number of carbonyl (C=O) groups excluding carboxylic acids is 1. The molecule has 1 fully saturated rings. The van der Waals surface area contributed by atoms with Gasteiger partial charge in [0.1, 0.15) is 0 Å². The predicted molar refractivity (Wildman–Crippen MR) is 107 cm³/mol. The first kappa shape index (κ1) is 20.7. The molecule has 0 bridgehead atoms. The van der Waals surface area contributed by atoms with Gasteiger partial charge in [-0.25, -0.2) is 0 Å². The van der Waals surface area contributed by atoms with Crippen molar-refractivity contribution in [3.8, 4) is 0 Å². The molecule has 6 nitrogen and oxygen atoms in total. The Morgan fingerprint density at radius 3 is 2.62 bits per heavy atom. The fraction of sp³-hybridized carbons (Fsp3) is 0.529. The minimum Gasteiger partial charge on any atom is -0.373 e. The van der Waals surface area contributed by atoms with Crippen molar-refractivity contribution in [2.75, 3.05) is 26.7 Å². The summed E-state index contributed by atoms with van der Waals surface area (Å²) in [5, 5.41) is 9.11. The van der Waals surface area contributed by atoms with Crippen LogP contribution in [0, 0.1) is 0 Å². The van der Waals surface area contributed by atoms with Gasteiger partial charge in [0.05, 0.1) is 12.1 Å². The van der Waals surface area contributed by atoms with Gasteiger partial charge >= 0.3 is 0 Å². The monoisotopic (exact) mass is 446 g/mol. The van der Waals surface area contributed by atoms with Gasteiger partial charge in [-0.3, -0.25) is 9.79 Å². The second-order valence-electron chi connectivity index (χ2n) is 5.94. The van der Waals surface area contributed by atoms with Crippen molar-refractivity contribution in [2.45, 2.75) is 31.9 Å². The maximum absolute atomic E-state index is 11.9. The van der Waals surface area contributed by atoms with Gasteiger partial charge in [-0.15, -0.1) is 24.0 Å². The number of nitrogens with zero attached hydrogens (tertiary/aromatic N) is 1. The lowest BCUT2D eigenvalue weighted by Crippen LogP contribution is -2.47. The fourth-order valence-electron chi connectivity index (χ4n) is 2.49. The number of aliphatic imine (C=N–C) groups is 1. The summed E-state index contributed by atoms with van der Waals surface area (Å²) < 4.78 is 5.72. The predicted octanol–water partition coefficient (Wildman–Crippen LogP) is 1.65. The number of hydrogen-bond donors (Lipinski definition) is 3. The van der Waals surface area contributed by atoms with Crippen LogP contribution in [0.4, 0.5) is 0 Å². The van der Waals surface area contributed by atoms with Crippen LogP contribution in [0.25, 0.3) is 0 Å². The Morgan fingerprint density at radius 1 is 1.25 bits per heavy atom. The van der Waals surface area contributed by atoms with Gasteiger partial charge in [-0.05, 0) is 25.3 Å². The summed E-state index contributed by atoms with van der Waals surface area (Å²) in [7, 11) is 1.69. The van der Waals surface area contributed by atoms with E-state index in [9.17, 15) is 4.79 Å². The molecule has 1 aromatic carbocycles. The number of rotatable bonds is 6. The Bertz CT molecular complexity index is 531. The summed E-state index contributed by atoms with van der Waals surface area (Å²) in [6, 6.07) is 9.83. The molecule has 1 saturated heterocycles. The standard InChI is InChI=1S/C17H26N4O2.HI/c1-17(9-6-10-23-17)13-21-16(18-2)20-12-15(22)19-11-14-7-4-3-5-8-14;/h3-5,7-8H,6,9-13H2,1-2H3,(H,19,22)(H2,18,20,21);1H. The van der Waals surface area contributed by atoms with Gasteiger partial charge in [0, 0.05) is 26.7 Å². The third-order valence-corrected chi connectivity index (χ3v) is 3.90. The molecule has 1 unspecified atom stereocenters. The second kappa shape index (κ2) is 10.5. The van der Waals surface area contributed by atoms with Crippen molar-refractivity contribution in [1.82, 2.24) is 16.0 Å². The maximum atomic E-state index is 11.9. The molecule has 0 spiro atoms. The van der Waals surface area contributed by atoms with Gasteiger partial charge in [0.2, 0.25) is 5.91 Å². The Hall–Kier alpha value is -1.35. The van der Waals surface area contributed by atoms with E-state index in [1.165, 1.54) is 0 Å². The molecular weight excluding hydrogens is 419 g/mol. The molecule has 1 heterocycles. The van der Waals surface area contributed by atoms with Crippen LogP contribution in [0.15, 0.2) is 35.3 Å². The average molecular weight is 446 g/mol. The summed E-state index contributed by atoms with van der Waals surface area (Å²) >= 11 is 0. The highest BCUT2D eigenvalue weighted by Gasteiger charge is 2.29. The van der Waals surface area contributed by atoms with Crippen molar-refractivity contribution in [3.63, 3.8) is 0 Å². The van der Waals surface area contributed by atoms with Crippen LogP contribution >= 0.6 is 24.0 Å². The summed E-state index contributed by atoms with van der Waals surface area (Å²) in [6.07, 6.45) is 2.13. The Labute approximate surface area is 160 Å². The third-order valence-electron chi connectivity index (χ3n) is 3.90. The fourth-order valence-corrected chi connectivity index (χ4v) is 2.49. The van der Waals surface area contributed by atoms with Gasteiger partial charge < -0.3 is 20.7 Å². The summed E-state index contributed by atoms with van der Waals surface area (Å²) in [4.78, 5) is 16.0.